The largest absolute Gasteiger partial charge is 0.466 e. The summed E-state index contributed by atoms with van der Waals surface area (Å²) in [5, 5.41) is 0. The Bertz CT molecular complexity index is 197. The van der Waals surface area contributed by atoms with E-state index in [4.69, 9.17) is 4.74 Å². The second-order valence-electron chi connectivity index (χ2n) is 4.51. The van der Waals surface area contributed by atoms with Crippen LogP contribution < -0.4 is 0 Å². The Balaban J connectivity index is 3.01. The third kappa shape index (κ3) is 15.2. The van der Waals surface area contributed by atoms with Gasteiger partial charge in [0.2, 0.25) is 0 Å². The van der Waals surface area contributed by atoms with Crippen LogP contribution in [0.15, 0.2) is 12.2 Å². The quantitative estimate of drug-likeness (QED) is 0.299. The van der Waals surface area contributed by atoms with Gasteiger partial charge >= 0.3 is 5.97 Å². The SMILES string of the molecule is CCCC=CCCCCCCCCOC(C)=O. The summed E-state index contributed by atoms with van der Waals surface area (Å²) in [6.45, 7) is 4.27. The molecule has 0 aliphatic carbocycles. The van der Waals surface area contributed by atoms with Crippen molar-refractivity contribution in [3.05, 3.63) is 12.2 Å². The van der Waals surface area contributed by atoms with Crippen LogP contribution in [0.1, 0.15) is 71.6 Å². The van der Waals surface area contributed by atoms with Gasteiger partial charge in [-0.2, -0.15) is 0 Å². The molecule has 0 aliphatic heterocycles. The Morgan fingerprint density at radius 1 is 0.941 bits per heavy atom. The van der Waals surface area contributed by atoms with E-state index in [1.165, 1.54) is 58.3 Å². The van der Waals surface area contributed by atoms with E-state index < -0.39 is 0 Å². The van der Waals surface area contributed by atoms with Gasteiger partial charge in [-0.1, -0.05) is 51.2 Å². The van der Waals surface area contributed by atoms with E-state index in [0.717, 1.165) is 6.42 Å². The highest BCUT2D eigenvalue weighted by atomic mass is 16.5. The molecule has 0 N–H and O–H groups in total. The first kappa shape index (κ1) is 16.2. The third-order valence-corrected chi connectivity index (χ3v) is 2.69. The fraction of sp³-hybridized carbons (Fsp3) is 0.800. The maximum absolute atomic E-state index is 10.5. The first-order valence-corrected chi connectivity index (χ1v) is 7.05. The van der Waals surface area contributed by atoms with Crippen LogP contribution in [0.4, 0.5) is 0 Å². The zero-order chi connectivity index (χ0) is 12.8. The molecule has 0 unspecified atom stereocenters. The number of esters is 1. The maximum Gasteiger partial charge on any atom is 0.302 e. The van der Waals surface area contributed by atoms with Crippen molar-refractivity contribution in [3.8, 4) is 0 Å². The van der Waals surface area contributed by atoms with E-state index in [9.17, 15) is 4.79 Å². The number of hydrogen-bond acceptors (Lipinski definition) is 2. The van der Waals surface area contributed by atoms with Gasteiger partial charge in [-0.05, 0) is 25.7 Å². The molecule has 0 bridgehead atoms. The molecule has 0 atom stereocenters. The number of carbonyl (C=O) groups is 1. The van der Waals surface area contributed by atoms with Crippen molar-refractivity contribution in [1.82, 2.24) is 0 Å². The van der Waals surface area contributed by atoms with Gasteiger partial charge in [0.05, 0.1) is 6.61 Å². The van der Waals surface area contributed by atoms with E-state index in [2.05, 4.69) is 19.1 Å². The van der Waals surface area contributed by atoms with Gasteiger partial charge in [0, 0.05) is 6.92 Å². The van der Waals surface area contributed by atoms with E-state index in [1.807, 2.05) is 0 Å². The molecule has 0 spiro atoms. The van der Waals surface area contributed by atoms with Crippen molar-refractivity contribution in [2.75, 3.05) is 6.61 Å². The molecule has 0 radical (unpaired) electrons. The molecule has 0 aromatic heterocycles. The highest BCUT2D eigenvalue weighted by Gasteiger charge is 1.93. The van der Waals surface area contributed by atoms with Gasteiger partial charge in [0.25, 0.3) is 0 Å². The molecule has 2 nitrogen and oxygen atoms in total. The van der Waals surface area contributed by atoms with E-state index in [1.54, 1.807) is 0 Å². The van der Waals surface area contributed by atoms with E-state index >= 15 is 0 Å². The Hall–Kier alpha value is -0.790. The van der Waals surface area contributed by atoms with Gasteiger partial charge in [-0.3, -0.25) is 4.79 Å². The van der Waals surface area contributed by atoms with Crippen LogP contribution in [0.5, 0.6) is 0 Å². The van der Waals surface area contributed by atoms with Crippen molar-refractivity contribution in [1.29, 1.82) is 0 Å². The summed E-state index contributed by atoms with van der Waals surface area (Å²) < 4.78 is 4.88. The second kappa shape index (κ2) is 13.3. The van der Waals surface area contributed by atoms with Crippen LogP contribution in [0.2, 0.25) is 0 Å². The van der Waals surface area contributed by atoms with Crippen LogP contribution in [0.3, 0.4) is 0 Å². The predicted octanol–water partition coefficient (Wildman–Crippen LogP) is 4.64. The van der Waals surface area contributed by atoms with Gasteiger partial charge < -0.3 is 4.74 Å². The molecule has 0 aromatic rings. The lowest BCUT2D eigenvalue weighted by atomic mass is 10.1. The van der Waals surface area contributed by atoms with E-state index in [-0.39, 0.29) is 5.97 Å². The Labute approximate surface area is 106 Å². The topological polar surface area (TPSA) is 26.3 Å². The van der Waals surface area contributed by atoms with Crippen LogP contribution in [0.25, 0.3) is 0 Å². The summed E-state index contributed by atoms with van der Waals surface area (Å²) in [7, 11) is 0. The molecule has 0 aliphatic rings. The second-order valence-corrected chi connectivity index (χ2v) is 4.51. The summed E-state index contributed by atoms with van der Waals surface area (Å²) >= 11 is 0. The molecular formula is C15H28O2. The average Bonchev–Trinajstić information content (AvgIpc) is 2.30. The molecule has 0 amide bonds. The van der Waals surface area contributed by atoms with Crippen LogP contribution >= 0.6 is 0 Å². The van der Waals surface area contributed by atoms with Crippen LogP contribution in [0, 0.1) is 0 Å². The Morgan fingerprint density at radius 3 is 2.18 bits per heavy atom. The van der Waals surface area contributed by atoms with Gasteiger partial charge in [0.15, 0.2) is 0 Å². The molecule has 0 fully saturated rings. The van der Waals surface area contributed by atoms with Crippen LogP contribution in [-0.4, -0.2) is 12.6 Å². The minimum absolute atomic E-state index is 0.163. The summed E-state index contributed by atoms with van der Waals surface area (Å²) in [6.07, 6.45) is 15.7. The summed E-state index contributed by atoms with van der Waals surface area (Å²) in [5.41, 5.74) is 0. The lowest BCUT2D eigenvalue weighted by molar-refractivity contribution is -0.141. The summed E-state index contributed by atoms with van der Waals surface area (Å²) in [4.78, 5) is 10.5. The van der Waals surface area contributed by atoms with Gasteiger partial charge in [0.1, 0.15) is 0 Å². The van der Waals surface area contributed by atoms with Crippen molar-refractivity contribution in [2.45, 2.75) is 71.6 Å². The minimum atomic E-state index is -0.163. The van der Waals surface area contributed by atoms with Crippen molar-refractivity contribution in [3.63, 3.8) is 0 Å². The molecule has 0 rings (SSSR count). The molecule has 2 heteroatoms. The normalized spacial score (nSPS) is 10.9. The minimum Gasteiger partial charge on any atom is -0.466 e. The fourth-order valence-corrected chi connectivity index (χ4v) is 1.69. The lowest BCUT2D eigenvalue weighted by Crippen LogP contribution is -1.99. The molecule has 0 aromatic carbocycles. The standard InChI is InChI=1S/C15H28O2/c1-3-4-5-6-7-8-9-10-11-12-13-14-17-15(2)16/h5-6H,3-4,7-14H2,1-2H3. The monoisotopic (exact) mass is 240 g/mol. The van der Waals surface area contributed by atoms with Gasteiger partial charge in [-0.25, -0.2) is 0 Å². The van der Waals surface area contributed by atoms with E-state index in [0.29, 0.717) is 6.61 Å². The third-order valence-electron chi connectivity index (χ3n) is 2.69. The number of ether oxygens (including phenoxy) is 1. The molecule has 0 saturated heterocycles. The maximum atomic E-state index is 10.5. The lowest BCUT2D eigenvalue weighted by Gasteiger charge is -2.02. The highest BCUT2D eigenvalue weighted by Crippen LogP contribution is 2.08. The van der Waals surface area contributed by atoms with Gasteiger partial charge in [-0.15, -0.1) is 0 Å². The van der Waals surface area contributed by atoms with Crippen molar-refractivity contribution >= 4 is 5.97 Å². The highest BCUT2D eigenvalue weighted by molar-refractivity contribution is 5.65. The smallest absolute Gasteiger partial charge is 0.302 e. The Morgan fingerprint density at radius 2 is 1.53 bits per heavy atom. The molecule has 0 heterocycles. The summed E-state index contributed by atoms with van der Waals surface area (Å²) in [5.74, 6) is -0.163. The zero-order valence-electron chi connectivity index (χ0n) is 11.5. The van der Waals surface area contributed by atoms with Crippen LogP contribution in [-0.2, 0) is 9.53 Å². The number of hydrogen-bond donors (Lipinski definition) is 0. The molecule has 17 heavy (non-hydrogen) atoms. The Kier molecular flexibility index (Phi) is 12.7. The fourth-order valence-electron chi connectivity index (χ4n) is 1.69. The van der Waals surface area contributed by atoms with Crippen molar-refractivity contribution in [2.24, 2.45) is 0 Å². The first-order chi connectivity index (χ1) is 8.27. The van der Waals surface area contributed by atoms with Crippen molar-refractivity contribution < 1.29 is 9.53 Å². The number of unbranched alkanes of at least 4 members (excludes halogenated alkanes) is 7. The predicted molar refractivity (Wildman–Crippen MR) is 73.0 cm³/mol. The molecule has 0 saturated carbocycles. The average molecular weight is 240 g/mol. The molecular weight excluding hydrogens is 212 g/mol. The number of allylic oxidation sites excluding steroid dienone is 2. The number of carbonyl (C=O) groups excluding carboxylic acids is 1. The summed E-state index contributed by atoms with van der Waals surface area (Å²) in [6, 6.07) is 0. The molecule has 100 valence electrons. The number of rotatable bonds is 11. The zero-order valence-corrected chi connectivity index (χ0v) is 11.5. The first-order valence-electron chi connectivity index (χ1n) is 7.05.